The normalized spacial score (nSPS) is 11.5. The Balaban J connectivity index is 3.41. The number of alkyl halides is 3. The maximum Gasteiger partial charge on any atom is 0.419 e. The van der Waals surface area contributed by atoms with Crippen molar-refractivity contribution >= 4 is 28.4 Å². The quantitative estimate of drug-likeness (QED) is 0.634. The first-order chi connectivity index (χ1) is 6.75. The van der Waals surface area contributed by atoms with Crippen LogP contribution in [0.4, 0.5) is 13.2 Å². The van der Waals surface area contributed by atoms with Crippen LogP contribution in [0.1, 0.15) is 22.8 Å². The Morgan fingerprint density at radius 1 is 1.40 bits per heavy atom. The molecular formula is C9H6F3IO2. The van der Waals surface area contributed by atoms with Crippen LogP contribution in [0.2, 0.25) is 0 Å². The van der Waals surface area contributed by atoms with Gasteiger partial charge in [0.2, 0.25) is 0 Å². The van der Waals surface area contributed by atoms with Crippen molar-refractivity contribution in [2.24, 2.45) is 0 Å². The third-order valence-electron chi connectivity index (χ3n) is 1.80. The predicted molar refractivity (Wildman–Crippen MR) is 55.8 cm³/mol. The van der Waals surface area contributed by atoms with Gasteiger partial charge in [0.05, 0.1) is 9.13 Å². The lowest BCUT2D eigenvalue weighted by molar-refractivity contribution is -0.138. The Bertz CT molecular complexity index is 413. The lowest BCUT2D eigenvalue weighted by Crippen LogP contribution is -2.08. The van der Waals surface area contributed by atoms with Crippen LogP contribution in [-0.2, 0) is 6.18 Å². The van der Waals surface area contributed by atoms with Gasteiger partial charge in [0.25, 0.3) is 0 Å². The Morgan fingerprint density at radius 3 is 2.33 bits per heavy atom. The smallest absolute Gasteiger partial charge is 0.419 e. The van der Waals surface area contributed by atoms with E-state index in [0.717, 1.165) is 6.07 Å². The van der Waals surface area contributed by atoms with Gasteiger partial charge >= 0.3 is 6.18 Å². The van der Waals surface area contributed by atoms with E-state index in [-0.39, 0.29) is 14.9 Å². The van der Waals surface area contributed by atoms with Crippen LogP contribution in [0.25, 0.3) is 0 Å². The fourth-order valence-corrected chi connectivity index (χ4v) is 1.92. The number of benzene rings is 1. The number of hydrogen-bond acceptors (Lipinski definition) is 2. The molecule has 0 bridgehead atoms. The molecule has 1 aromatic rings. The molecule has 6 heteroatoms. The average Bonchev–Trinajstić information content (AvgIpc) is 2.06. The Morgan fingerprint density at radius 2 is 1.93 bits per heavy atom. The Hall–Kier alpha value is -0.790. The van der Waals surface area contributed by atoms with Crippen molar-refractivity contribution < 1.29 is 23.1 Å². The predicted octanol–water partition coefficient (Wildman–Crippen LogP) is 3.22. The number of halogens is 4. The molecule has 15 heavy (non-hydrogen) atoms. The molecule has 0 atom stereocenters. The summed E-state index contributed by atoms with van der Waals surface area (Å²) in [6, 6.07) is 1.76. The lowest BCUT2D eigenvalue weighted by atomic mass is 10.1. The van der Waals surface area contributed by atoms with Gasteiger partial charge in [-0.2, -0.15) is 13.2 Å². The summed E-state index contributed by atoms with van der Waals surface area (Å²) in [7, 11) is 0. The number of carbonyl (C=O) groups is 1. The molecule has 0 radical (unpaired) electrons. The molecule has 2 nitrogen and oxygen atoms in total. The van der Waals surface area contributed by atoms with E-state index < -0.39 is 17.5 Å². The van der Waals surface area contributed by atoms with Crippen molar-refractivity contribution in [1.82, 2.24) is 0 Å². The third kappa shape index (κ3) is 2.42. The average molecular weight is 330 g/mol. The molecule has 1 rings (SSSR count). The monoisotopic (exact) mass is 330 g/mol. The zero-order valence-corrected chi connectivity index (χ0v) is 9.68. The van der Waals surface area contributed by atoms with Gasteiger partial charge < -0.3 is 5.11 Å². The van der Waals surface area contributed by atoms with Crippen LogP contribution in [0.3, 0.4) is 0 Å². The second kappa shape index (κ2) is 3.99. The molecule has 0 heterocycles. The number of hydrogen-bond donors (Lipinski definition) is 1. The summed E-state index contributed by atoms with van der Waals surface area (Å²) in [4.78, 5) is 11.0. The van der Waals surface area contributed by atoms with Crippen LogP contribution in [0.15, 0.2) is 12.1 Å². The van der Waals surface area contributed by atoms with E-state index in [0.29, 0.717) is 6.07 Å². The number of phenols is 1. The molecule has 0 spiro atoms. The number of ketones is 1. The maximum atomic E-state index is 12.3. The highest BCUT2D eigenvalue weighted by molar-refractivity contribution is 14.1. The van der Waals surface area contributed by atoms with Crippen molar-refractivity contribution in [1.29, 1.82) is 0 Å². The standard InChI is InChI=1S/C9H6F3IO2/c1-4(14)5-2-3-6(9(10,11)12)8(15)7(5)13/h2-3,15H,1H3. The number of carbonyl (C=O) groups excluding carboxylic acids is 1. The fraction of sp³-hybridized carbons (Fsp3) is 0.222. The summed E-state index contributed by atoms with van der Waals surface area (Å²) >= 11 is 1.51. The van der Waals surface area contributed by atoms with Crippen molar-refractivity contribution in [3.63, 3.8) is 0 Å². The molecule has 1 aromatic carbocycles. The number of rotatable bonds is 1. The lowest BCUT2D eigenvalue weighted by Gasteiger charge is -2.11. The first kappa shape index (κ1) is 12.3. The zero-order valence-electron chi connectivity index (χ0n) is 7.52. The second-order valence-electron chi connectivity index (χ2n) is 2.88. The molecule has 0 unspecified atom stereocenters. The van der Waals surface area contributed by atoms with Crippen LogP contribution >= 0.6 is 22.6 Å². The molecular weight excluding hydrogens is 324 g/mol. The van der Waals surface area contributed by atoms with Gasteiger partial charge in [0.15, 0.2) is 5.78 Å². The first-order valence-electron chi connectivity index (χ1n) is 3.84. The van der Waals surface area contributed by atoms with Gasteiger partial charge in [0, 0.05) is 5.56 Å². The molecule has 0 aliphatic heterocycles. The highest BCUT2D eigenvalue weighted by atomic mass is 127. The Labute approximate surface area is 97.2 Å². The van der Waals surface area contributed by atoms with Gasteiger partial charge in [0.1, 0.15) is 5.75 Å². The molecule has 0 fully saturated rings. The molecule has 0 aliphatic carbocycles. The summed E-state index contributed by atoms with van der Waals surface area (Å²) in [5.74, 6) is -1.28. The molecule has 0 aliphatic rings. The molecule has 0 aromatic heterocycles. The number of aromatic hydroxyl groups is 1. The van der Waals surface area contributed by atoms with Crippen LogP contribution in [0, 0.1) is 3.57 Å². The summed E-state index contributed by atoms with van der Waals surface area (Å²) < 4.78 is 36.9. The minimum atomic E-state index is -4.61. The second-order valence-corrected chi connectivity index (χ2v) is 3.96. The van der Waals surface area contributed by atoms with E-state index in [4.69, 9.17) is 0 Å². The minimum absolute atomic E-state index is 0.0741. The van der Waals surface area contributed by atoms with Gasteiger partial charge in [-0.05, 0) is 41.6 Å². The van der Waals surface area contributed by atoms with Crippen molar-refractivity contribution in [2.45, 2.75) is 13.1 Å². The van der Waals surface area contributed by atoms with E-state index >= 15 is 0 Å². The third-order valence-corrected chi connectivity index (χ3v) is 2.89. The van der Waals surface area contributed by atoms with Crippen LogP contribution in [0.5, 0.6) is 5.75 Å². The number of Topliss-reactive ketones (excluding diaryl/α,β-unsaturated/α-hetero) is 1. The van der Waals surface area contributed by atoms with Crippen molar-refractivity contribution in [2.75, 3.05) is 0 Å². The topological polar surface area (TPSA) is 37.3 Å². The van der Waals surface area contributed by atoms with E-state index in [2.05, 4.69) is 0 Å². The van der Waals surface area contributed by atoms with Gasteiger partial charge in [-0.3, -0.25) is 4.79 Å². The SMILES string of the molecule is CC(=O)c1ccc(C(F)(F)F)c(O)c1I. The summed E-state index contributed by atoms with van der Waals surface area (Å²) in [6.07, 6.45) is -4.61. The van der Waals surface area contributed by atoms with E-state index in [1.54, 1.807) is 0 Å². The molecule has 1 N–H and O–H groups in total. The highest BCUT2D eigenvalue weighted by Crippen LogP contribution is 2.39. The van der Waals surface area contributed by atoms with Crippen molar-refractivity contribution in [3.8, 4) is 5.75 Å². The Kier molecular flexibility index (Phi) is 3.27. The summed E-state index contributed by atoms with van der Waals surface area (Å²) in [5.41, 5.74) is -1.04. The fourth-order valence-electron chi connectivity index (χ4n) is 1.07. The zero-order chi connectivity index (χ0) is 11.8. The van der Waals surface area contributed by atoms with Gasteiger partial charge in [-0.15, -0.1) is 0 Å². The summed E-state index contributed by atoms with van der Waals surface area (Å²) in [5, 5.41) is 9.28. The van der Waals surface area contributed by atoms with Crippen LogP contribution in [-0.4, -0.2) is 10.9 Å². The number of phenolic OH excluding ortho intramolecular Hbond substituents is 1. The van der Waals surface area contributed by atoms with E-state index in [1.807, 2.05) is 0 Å². The van der Waals surface area contributed by atoms with E-state index in [1.165, 1.54) is 29.5 Å². The van der Waals surface area contributed by atoms with Crippen LogP contribution < -0.4 is 0 Å². The summed E-state index contributed by atoms with van der Waals surface area (Å²) in [6.45, 7) is 1.23. The highest BCUT2D eigenvalue weighted by Gasteiger charge is 2.35. The van der Waals surface area contributed by atoms with Gasteiger partial charge in [-0.25, -0.2) is 0 Å². The maximum absolute atomic E-state index is 12.3. The largest absolute Gasteiger partial charge is 0.506 e. The molecule has 0 amide bonds. The van der Waals surface area contributed by atoms with E-state index in [9.17, 15) is 23.1 Å². The molecule has 0 saturated carbocycles. The molecule has 0 saturated heterocycles. The molecule has 82 valence electrons. The minimum Gasteiger partial charge on any atom is -0.506 e. The van der Waals surface area contributed by atoms with Crippen molar-refractivity contribution in [3.05, 3.63) is 26.8 Å². The first-order valence-corrected chi connectivity index (χ1v) is 4.92. The van der Waals surface area contributed by atoms with Gasteiger partial charge in [-0.1, -0.05) is 0 Å².